The number of rotatable bonds is 7. The number of carbonyl (C=O) groups excluding carboxylic acids is 1. The van der Waals surface area contributed by atoms with Crippen molar-refractivity contribution in [2.45, 2.75) is 44.6 Å². The lowest BCUT2D eigenvalue weighted by Gasteiger charge is -2.26. The van der Waals surface area contributed by atoms with Gasteiger partial charge in [0.1, 0.15) is 5.75 Å². The molecular formula is C24H32N2O5S. The quantitative estimate of drug-likeness (QED) is 0.682. The van der Waals surface area contributed by atoms with Crippen LogP contribution in [-0.2, 0) is 14.8 Å². The molecule has 0 radical (unpaired) electrons. The first-order valence-corrected chi connectivity index (χ1v) is 12.3. The van der Waals surface area contributed by atoms with Crippen LogP contribution in [-0.4, -0.2) is 52.0 Å². The topological polar surface area (TPSA) is 84.9 Å². The third-order valence-electron chi connectivity index (χ3n) is 5.76. The van der Waals surface area contributed by atoms with E-state index in [1.54, 1.807) is 19.2 Å². The van der Waals surface area contributed by atoms with Crippen molar-refractivity contribution in [3.63, 3.8) is 0 Å². The summed E-state index contributed by atoms with van der Waals surface area (Å²) < 4.78 is 38.0. The highest BCUT2D eigenvalue weighted by molar-refractivity contribution is 7.89. The van der Waals surface area contributed by atoms with Crippen LogP contribution in [0.3, 0.4) is 0 Å². The predicted molar refractivity (Wildman–Crippen MR) is 124 cm³/mol. The molecule has 0 aromatic heterocycles. The van der Waals surface area contributed by atoms with Crippen molar-refractivity contribution in [3.8, 4) is 5.75 Å². The molecule has 0 spiro atoms. The normalized spacial score (nSPS) is 16.1. The second-order valence-electron chi connectivity index (χ2n) is 8.34. The van der Waals surface area contributed by atoms with Gasteiger partial charge in [0, 0.05) is 18.7 Å². The van der Waals surface area contributed by atoms with Gasteiger partial charge in [-0.25, -0.2) is 8.42 Å². The Labute approximate surface area is 190 Å². The van der Waals surface area contributed by atoms with Crippen LogP contribution < -0.4 is 10.1 Å². The lowest BCUT2D eigenvalue weighted by Crippen LogP contribution is -2.40. The molecule has 3 rings (SSSR count). The first kappa shape index (κ1) is 24.2. The van der Waals surface area contributed by atoms with Gasteiger partial charge in [-0.15, -0.1) is 0 Å². The number of sulfonamides is 1. The average molecular weight is 461 g/mol. The standard InChI is InChI=1S/C24H32N2O5S/c1-16(2)21-15-22(17(3)13-23(21)30-5)18(4)25-24(27)19-7-6-8-20(14-19)32(28,29)26-9-11-31-12-10-26/h6-8,13-16,18H,9-12H2,1-5H3,(H,25,27). The minimum absolute atomic E-state index is 0.113. The van der Waals surface area contributed by atoms with Crippen LogP contribution in [0.2, 0.25) is 0 Å². The van der Waals surface area contributed by atoms with Crippen molar-refractivity contribution in [2.24, 2.45) is 0 Å². The molecule has 1 aliphatic heterocycles. The zero-order chi connectivity index (χ0) is 23.5. The molecule has 1 N–H and O–H groups in total. The molecule has 174 valence electrons. The summed E-state index contributed by atoms with van der Waals surface area (Å²) in [7, 11) is -2.01. The lowest BCUT2D eigenvalue weighted by molar-refractivity contribution is 0.0730. The van der Waals surface area contributed by atoms with E-state index in [1.165, 1.54) is 16.4 Å². The number of morpholine rings is 1. The summed E-state index contributed by atoms with van der Waals surface area (Å²) in [5.41, 5.74) is 3.40. The van der Waals surface area contributed by atoms with E-state index in [9.17, 15) is 13.2 Å². The summed E-state index contributed by atoms with van der Waals surface area (Å²) in [6.07, 6.45) is 0. The van der Waals surface area contributed by atoms with Gasteiger partial charge in [-0.3, -0.25) is 4.79 Å². The maximum atomic E-state index is 13.0. The largest absolute Gasteiger partial charge is 0.496 e. The maximum absolute atomic E-state index is 13.0. The van der Waals surface area contributed by atoms with Crippen LogP contribution in [0.25, 0.3) is 0 Å². The van der Waals surface area contributed by atoms with E-state index in [2.05, 4.69) is 25.2 Å². The number of methoxy groups -OCH3 is 1. The minimum atomic E-state index is -3.67. The molecule has 1 saturated heterocycles. The first-order chi connectivity index (χ1) is 15.1. The predicted octanol–water partition coefficient (Wildman–Crippen LogP) is 3.64. The van der Waals surface area contributed by atoms with Crippen molar-refractivity contribution >= 4 is 15.9 Å². The Balaban J connectivity index is 1.82. The molecular weight excluding hydrogens is 428 g/mol. The second kappa shape index (κ2) is 10.0. The van der Waals surface area contributed by atoms with Gasteiger partial charge in [0.05, 0.1) is 31.3 Å². The average Bonchev–Trinajstić information content (AvgIpc) is 2.79. The number of amides is 1. The van der Waals surface area contributed by atoms with E-state index < -0.39 is 10.0 Å². The van der Waals surface area contributed by atoms with Gasteiger partial charge in [0.15, 0.2) is 0 Å². The maximum Gasteiger partial charge on any atom is 0.251 e. The Morgan fingerprint density at radius 3 is 2.41 bits per heavy atom. The van der Waals surface area contributed by atoms with Crippen molar-refractivity contribution in [2.75, 3.05) is 33.4 Å². The molecule has 2 aromatic rings. The molecule has 32 heavy (non-hydrogen) atoms. The molecule has 8 heteroatoms. The Bertz CT molecular complexity index is 1080. The Morgan fingerprint density at radius 1 is 1.09 bits per heavy atom. The second-order valence-corrected chi connectivity index (χ2v) is 10.3. The van der Waals surface area contributed by atoms with Crippen LogP contribution in [0.5, 0.6) is 5.75 Å². The van der Waals surface area contributed by atoms with E-state index in [0.29, 0.717) is 31.9 Å². The van der Waals surface area contributed by atoms with Gasteiger partial charge in [-0.05, 0) is 66.8 Å². The van der Waals surface area contributed by atoms with Gasteiger partial charge in [-0.1, -0.05) is 19.9 Å². The summed E-state index contributed by atoms with van der Waals surface area (Å²) in [6, 6.07) is 9.99. The fourth-order valence-electron chi connectivity index (χ4n) is 3.90. The molecule has 1 aliphatic rings. The highest BCUT2D eigenvalue weighted by atomic mass is 32.2. The van der Waals surface area contributed by atoms with E-state index in [-0.39, 0.29) is 22.8 Å². The molecule has 1 atom stereocenters. The van der Waals surface area contributed by atoms with Gasteiger partial charge in [0.25, 0.3) is 5.91 Å². The first-order valence-electron chi connectivity index (χ1n) is 10.8. The lowest BCUT2D eigenvalue weighted by atomic mass is 9.93. The number of ether oxygens (including phenoxy) is 2. The van der Waals surface area contributed by atoms with Gasteiger partial charge in [-0.2, -0.15) is 4.31 Å². The third-order valence-corrected chi connectivity index (χ3v) is 7.65. The Kier molecular flexibility index (Phi) is 7.59. The molecule has 2 aromatic carbocycles. The van der Waals surface area contributed by atoms with Gasteiger partial charge >= 0.3 is 0 Å². The highest BCUT2D eigenvalue weighted by Crippen LogP contribution is 2.32. The SMILES string of the molecule is COc1cc(C)c(C(C)NC(=O)c2cccc(S(=O)(=O)N3CCOCC3)c2)cc1C(C)C. The summed E-state index contributed by atoms with van der Waals surface area (Å²) in [4.78, 5) is 13.1. The number of hydrogen-bond acceptors (Lipinski definition) is 5. The van der Waals surface area contributed by atoms with Crippen molar-refractivity contribution in [1.82, 2.24) is 9.62 Å². The van der Waals surface area contributed by atoms with Crippen molar-refractivity contribution in [1.29, 1.82) is 0 Å². The number of benzene rings is 2. The molecule has 1 heterocycles. The summed E-state index contributed by atoms with van der Waals surface area (Å²) in [5.74, 6) is 0.785. The highest BCUT2D eigenvalue weighted by Gasteiger charge is 2.27. The van der Waals surface area contributed by atoms with Gasteiger partial charge < -0.3 is 14.8 Å². The zero-order valence-corrected chi connectivity index (χ0v) is 20.2. The fourth-order valence-corrected chi connectivity index (χ4v) is 5.36. The minimum Gasteiger partial charge on any atom is -0.496 e. The molecule has 0 bridgehead atoms. The van der Waals surface area contributed by atoms with E-state index >= 15 is 0 Å². The van der Waals surface area contributed by atoms with Crippen LogP contribution in [0.4, 0.5) is 0 Å². The number of aryl methyl sites for hydroxylation is 1. The van der Waals surface area contributed by atoms with E-state index in [1.807, 2.05) is 19.9 Å². The van der Waals surface area contributed by atoms with E-state index in [0.717, 1.165) is 22.4 Å². The summed E-state index contributed by atoms with van der Waals surface area (Å²) >= 11 is 0. The number of nitrogens with one attached hydrogen (secondary N) is 1. The van der Waals surface area contributed by atoms with Crippen LogP contribution in [0, 0.1) is 6.92 Å². The number of carbonyl (C=O) groups is 1. The van der Waals surface area contributed by atoms with Crippen molar-refractivity contribution < 1.29 is 22.7 Å². The molecule has 7 nitrogen and oxygen atoms in total. The Hall–Kier alpha value is -2.42. The summed E-state index contributed by atoms with van der Waals surface area (Å²) in [6.45, 7) is 9.47. The van der Waals surface area contributed by atoms with Gasteiger partial charge in [0.2, 0.25) is 10.0 Å². The molecule has 0 saturated carbocycles. The van der Waals surface area contributed by atoms with E-state index in [4.69, 9.17) is 9.47 Å². The smallest absolute Gasteiger partial charge is 0.251 e. The third kappa shape index (κ3) is 5.14. The van der Waals surface area contributed by atoms with Crippen LogP contribution in [0.15, 0.2) is 41.3 Å². The van der Waals surface area contributed by atoms with Crippen LogP contribution >= 0.6 is 0 Å². The number of nitrogens with zero attached hydrogens (tertiary/aromatic N) is 1. The number of hydrogen-bond donors (Lipinski definition) is 1. The molecule has 1 unspecified atom stereocenters. The fraction of sp³-hybridized carbons (Fsp3) is 0.458. The molecule has 0 aliphatic carbocycles. The summed E-state index contributed by atoms with van der Waals surface area (Å²) in [5, 5.41) is 3.01. The van der Waals surface area contributed by atoms with Crippen LogP contribution in [0.1, 0.15) is 59.8 Å². The zero-order valence-electron chi connectivity index (χ0n) is 19.3. The van der Waals surface area contributed by atoms with Crippen molar-refractivity contribution in [3.05, 3.63) is 58.7 Å². The monoisotopic (exact) mass is 460 g/mol. The Morgan fingerprint density at radius 2 is 1.78 bits per heavy atom. The molecule has 1 amide bonds. The molecule has 1 fully saturated rings.